The Balaban J connectivity index is 2.29. The van der Waals surface area contributed by atoms with Crippen LogP contribution in [-0.4, -0.2) is 32.9 Å². The van der Waals surface area contributed by atoms with Crippen molar-refractivity contribution in [2.75, 3.05) is 25.9 Å². The van der Waals surface area contributed by atoms with Gasteiger partial charge in [-0.15, -0.1) is 0 Å². The monoisotopic (exact) mass is 312 g/mol. The standard InChI is InChI=1S/C15H24N2O3S/c1-15(2)7-4-9-17(10-8-15)21(18,19)12-5-6-13(16)14(11-12)20-3/h5-6,11H,4,7-10,16H2,1-3H3. The van der Waals surface area contributed by atoms with Crippen molar-refractivity contribution in [2.45, 2.75) is 38.0 Å². The summed E-state index contributed by atoms with van der Waals surface area (Å²) in [6.07, 6.45) is 2.81. The van der Waals surface area contributed by atoms with Gasteiger partial charge in [-0.2, -0.15) is 4.31 Å². The molecule has 5 nitrogen and oxygen atoms in total. The summed E-state index contributed by atoms with van der Waals surface area (Å²) in [4.78, 5) is 0.244. The van der Waals surface area contributed by atoms with E-state index in [2.05, 4.69) is 13.8 Å². The van der Waals surface area contributed by atoms with Crippen molar-refractivity contribution < 1.29 is 13.2 Å². The van der Waals surface area contributed by atoms with Crippen molar-refractivity contribution in [3.05, 3.63) is 18.2 Å². The molecule has 1 aliphatic heterocycles. The highest BCUT2D eigenvalue weighted by Gasteiger charge is 2.30. The summed E-state index contributed by atoms with van der Waals surface area (Å²) in [5.74, 6) is 0.395. The van der Waals surface area contributed by atoms with Gasteiger partial charge in [-0.05, 0) is 36.8 Å². The van der Waals surface area contributed by atoms with Crippen LogP contribution >= 0.6 is 0 Å². The molecule has 0 aromatic heterocycles. The fraction of sp³-hybridized carbons (Fsp3) is 0.600. The summed E-state index contributed by atoms with van der Waals surface area (Å²) < 4.78 is 32.2. The molecule has 0 bridgehead atoms. The molecule has 6 heteroatoms. The number of nitrogens with zero attached hydrogens (tertiary/aromatic N) is 1. The Kier molecular flexibility index (Phi) is 4.49. The van der Waals surface area contributed by atoms with E-state index in [4.69, 9.17) is 10.5 Å². The smallest absolute Gasteiger partial charge is 0.243 e. The number of anilines is 1. The quantitative estimate of drug-likeness (QED) is 0.870. The van der Waals surface area contributed by atoms with E-state index in [0.29, 0.717) is 24.5 Å². The molecule has 2 N–H and O–H groups in total. The van der Waals surface area contributed by atoms with Gasteiger partial charge in [0.15, 0.2) is 0 Å². The van der Waals surface area contributed by atoms with Crippen molar-refractivity contribution >= 4 is 15.7 Å². The molecule has 118 valence electrons. The van der Waals surface area contributed by atoms with Gasteiger partial charge in [0, 0.05) is 19.2 Å². The van der Waals surface area contributed by atoms with Gasteiger partial charge in [0.1, 0.15) is 5.75 Å². The van der Waals surface area contributed by atoms with E-state index >= 15 is 0 Å². The topological polar surface area (TPSA) is 72.6 Å². The number of hydrogen-bond donors (Lipinski definition) is 1. The lowest BCUT2D eigenvalue weighted by Crippen LogP contribution is -2.32. The third-order valence-electron chi connectivity index (χ3n) is 4.14. The second kappa shape index (κ2) is 5.85. The molecule has 0 atom stereocenters. The van der Waals surface area contributed by atoms with Gasteiger partial charge >= 0.3 is 0 Å². The summed E-state index contributed by atoms with van der Waals surface area (Å²) in [5.41, 5.74) is 6.38. The van der Waals surface area contributed by atoms with E-state index in [1.54, 1.807) is 16.4 Å². The molecular weight excluding hydrogens is 288 g/mol. The number of hydrogen-bond acceptors (Lipinski definition) is 4. The van der Waals surface area contributed by atoms with Crippen LogP contribution in [0.15, 0.2) is 23.1 Å². The second-order valence-electron chi connectivity index (χ2n) is 6.33. The minimum Gasteiger partial charge on any atom is -0.495 e. The number of rotatable bonds is 3. The number of nitrogens with two attached hydrogens (primary N) is 1. The lowest BCUT2D eigenvalue weighted by molar-refractivity contribution is 0.314. The largest absolute Gasteiger partial charge is 0.495 e. The number of nitrogen functional groups attached to an aromatic ring is 1. The molecular formula is C15H24N2O3S. The van der Waals surface area contributed by atoms with E-state index in [-0.39, 0.29) is 10.3 Å². The Morgan fingerprint density at radius 2 is 1.95 bits per heavy atom. The number of ether oxygens (including phenoxy) is 1. The number of sulfonamides is 1. The number of methoxy groups -OCH3 is 1. The van der Waals surface area contributed by atoms with Gasteiger partial charge in [0.05, 0.1) is 17.7 Å². The first-order valence-corrected chi connectivity index (χ1v) is 8.64. The van der Waals surface area contributed by atoms with Crippen LogP contribution in [0.25, 0.3) is 0 Å². The molecule has 1 saturated heterocycles. The summed E-state index contributed by atoms with van der Waals surface area (Å²) in [6.45, 7) is 5.51. The molecule has 0 radical (unpaired) electrons. The summed E-state index contributed by atoms with van der Waals surface area (Å²) in [6, 6.07) is 4.62. The Labute approximate surface area is 127 Å². The fourth-order valence-electron chi connectivity index (χ4n) is 2.64. The fourth-order valence-corrected chi connectivity index (χ4v) is 4.13. The van der Waals surface area contributed by atoms with Crippen LogP contribution in [0, 0.1) is 5.41 Å². The van der Waals surface area contributed by atoms with Gasteiger partial charge in [-0.3, -0.25) is 0 Å². The van der Waals surface area contributed by atoms with Gasteiger partial charge in [0.2, 0.25) is 10.0 Å². The van der Waals surface area contributed by atoms with Crippen molar-refractivity contribution in [3.8, 4) is 5.75 Å². The molecule has 1 aromatic rings. The molecule has 1 aromatic carbocycles. The maximum Gasteiger partial charge on any atom is 0.243 e. The minimum atomic E-state index is -3.49. The zero-order chi connectivity index (χ0) is 15.7. The first-order chi connectivity index (χ1) is 9.76. The van der Waals surface area contributed by atoms with E-state index in [1.807, 2.05) is 0 Å². The molecule has 0 aliphatic carbocycles. The van der Waals surface area contributed by atoms with Crippen LogP contribution < -0.4 is 10.5 Å². The summed E-state index contributed by atoms with van der Waals surface area (Å²) in [5, 5.41) is 0. The predicted molar refractivity (Wildman–Crippen MR) is 83.8 cm³/mol. The lowest BCUT2D eigenvalue weighted by Gasteiger charge is -2.23. The zero-order valence-electron chi connectivity index (χ0n) is 12.9. The Hall–Kier alpha value is -1.27. The van der Waals surface area contributed by atoms with Gasteiger partial charge in [0.25, 0.3) is 0 Å². The van der Waals surface area contributed by atoms with Gasteiger partial charge in [-0.25, -0.2) is 8.42 Å². The highest BCUT2D eigenvalue weighted by Crippen LogP contribution is 2.33. The van der Waals surface area contributed by atoms with Crippen LogP contribution in [0.2, 0.25) is 0 Å². The Bertz CT molecular complexity index is 611. The highest BCUT2D eigenvalue weighted by molar-refractivity contribution is 7.89. The molecule has 1 fully saturated rings. The normalized spacial score (nSPS) is 20.0. The molecule has 1 heterocycles. The van der Waals surface area contributed by atoms with Gasteiger partial charge in [-0.1, -0.05) is 13.8 Å². The van der Waals surface area contributed by atoms with Crippen molar-refractivity contribution in [1.82, 2.24) is 4.31 Å². The molecule has 0 spiro atoms. The van der Waals surface area contributed by atoms with Crippen LogP contribution in [-0.2, 0) is 10.0 Å². The van der Waals surface area contributed by atoms with Gasteiger partial charge < -0.3 is 10.5 Å². The van der Waals surface area contributed by atoms with E-state index in [9.17, 15) is 8.42 Å². The third-order valence-corrected chi connectivity index (χ3v) is 6.04. The average Bonchev–Trinajstić information content (AvgIpc) is 2.60. The molecule has 0 unspecified atom stereocenters. The van der Waals surface area contributed by atoms with Crippen LogP contribution in [0.5, 0.6) is 5.75 Å². The summed E-state index contributed by atoms with van der Waals surface area (Å²) in [7, 11) is -2.00. The molecule has 1 aliphatic rings. The summed E-state index contributed by atoms with van der Waals surface area (Å²) >= 11 is 0. The van der Waals surface area contributed by atoms with Crippen LogP contribution in [0.1, 0.15) is 33.1 Å². The first kappa shape index (κ1) is 16.1. The zero-order valence-corrected chi connectivity index (χ0v) is 13.7. The Morgan fingerprint density at radius 3 is 2.62 bits per heavy atom. The minimum absolute atomic E-state index is 0.197. The average molecular weight is 312 g/mol. The van der Waals surface area contributed by atoms with Crippen LogP contribution in [0.3, 0.4) is 0 Å². The number of benzene rings is 1. The maximum absolute atomic E-state index is 12.8. The molecule has 0 amide bonds. The molecule has 21 heavy (non-hydrogen) atoms. The van der Waals surface area contributed by atoms with E-state index in [0.717, 1.165) is 19.3 Å². The van der Waals surface area contributed by atoms with Crippen molar-refractivity contribution in [3.63, 3.8) is 0 Å². The Morgan fingerprint density at radius 1 is 1.24 bits per heavy atom. The predicted octanol–water partition coefficient (Wildman–Crippen LogP) is 2.48. The highest BCUT2D eigenvalue weighted by atomic mass is 32.2. The van der Waals surface area contributed by atoms with Crippen molar-refractivity contribution in [2.24, 2.45) is 5.41 Å². The molecule has 0 saturated carbocycles. The van der Waals surface area contributed by atoms with E-state index in [1.165, 1.54) is 13.2 Å². The van der Waals surface area contributed by atoms with Crippen LogP contribution in [0.4, 0.5) is 5.69 Å². The van der Waals surface area contributed by atoms with E-state index < -0.39 is 10.0 Å². The molecule has 2 rings (SSSR count). The first-order valence-electron chi connectivity index (χ1n) is 7.20. The lowest BCUT2D eigenvalue weighted by atomic mass is 9.85. The van der Waals surface area contributed by atoms with Crippen molar-refractivity contribution in [1.29, 1.82) is 0 Å². The second-order valence-corrected chi connectivity index (χ2v) is 8.26. The SMILES string of the molecule is COc1cc(S(=O)(=O)N2CCCC(C)(C)CC2)ccc1N. The maximum atomic E-state index is 12.8. The third kappa shape index (κ3) is 3.49.